The molecule has 0 fully saturated rings. The molecular formula is C13H18N4S. The second kappa shape index (κ2) is 6.56. The molecule has 0 amide bonds. The summed E-state index contributed by atoms with van der Waals surface area (Å²) in [6, 6.07) is 8.63. The van der Waals surface area contributed by atoms with E-state index in [0.29, 0.717) is 0 Å². The second-order valence-electron chi connectivity index (χ2n) is 3.95. The molecule has 1 aromatic heterocycles. The van der Waals surface area contributed by atoms with Gasteiger partial charge in [-0.1, -0.05) is 12.1 Å². The van der Waals surface area contributed by atoms with Gasteiger partial charge >= 0.3 is 0 Å². The van der Waals surface area contributed by atoms with Crippen LogP contribution in [0.15, 0.2) is 35.5 Å². The van der Waals surface area contributed by atoms with E-state index < -0.39 is 0 Å². The monoisotopic (exact) mass is 262 g/mol. The van der Waals surface area contributed by atoms with Gasteiger partial charge in [0, 0.05) is 18.0 Å². The average Bonchev–Trinajstić information content (AvgIpc) is 2.86. The molecule has 5 heteroatoms. The molecule has 4 nitrogen and oxygen atoms in total. The Kier molecular flexibility index (Phi) is 4.78. The Hall–Kier alpha value is -1.33. The number of aryl methyl sites for hydroxylation is 1. The summed E-state index contributed by atoms with van der Waals surface area (Å²) < 4.78 is 1.93. The van der Waals surface area contributed by atoms with Gasteiger partial charge < -0.3 is 5.32 Å². The summed E-state index contributed by atoms with van der Waals surface area (Å²) in [5.41, 5.74) is 1.30. The summed E-state index contributed by atoms with van der Waals surface area (Å²) in [4.78, 5) is 5.53. The zero-order valence-electron chi connectivity index (χ0n) is 10.8. The van der Waals surface area contributed by atoms with Crippen molar-refractivity contribution in [2.24, 2.45) is 0 Å². The Morgan fingerprint density at radius 1 is 1.28 bits per heavy atom. The van der Waals surface area contributed by atoms with E-state index in [-0.39, 0.29) is 0 Å². The van der Waals surface area contributed by atoms with Crippen molar-refractivity contribution in [1.82, 2.24) is 20.1 Å². The molecule has 1 aromatic carbocycles. The first-order valence-electron chi connectivity index (χ1n) is 6.06. The van der Waals surface area contributed by atoms with E-state index in [1.165, 1.54) is 10.5 Å². The third-order valence-corrected chi connectivity index (χ3v) is 3.68. The third-order valence-electron chi connectivity index (χ3n) is 2.67. The van der Waals surface area contributed by atoms with Crippen LogP contribution >= 0.6 is 11.8 Å². The highest BCUT2D eigenvalue weighted by Crippen LogP contribution is 2.22. The molecule has 0 saturated heterocycles. The summed E-state index contributed by atoms with van der Waals surface area (Å²) in [5, 5.41) is 7.31. The van der Waals surface area contributed by atoms with E-state index >= 15 is 0 Å². The molecular weight excluding hydrogens is 244 g/mol. The molecule has 0 radical (unpaired) electrons. The van der Waals surface area contributed by atoms with E-state index in [9.17, 15) is 0 Å². The van der Waals surface area contributed by atoms with Crippen molar-refractivity contribution in [3.8, 4) is 0 Å². The fourth-order valence-electron chi connectivity index (χ4n) is 1.72. The number of nitrogens with zero attached hydrogens (tertiary/aromatic N) is 3. The molecule has 0 unspecified atom stereocenters. The van der Waals surface area contributed by atoms with Crippen LogP contribution in [0.2, 0.25) is 0 Å². The summed E-state index contributed by atoms with van der Waals surface area (Å²) >= 11 is 1.79. The smallest absolute Gasteiger partial charge is 0.138 e. The Bertz CT molecular complexity index is 478. The molecule has 2 aromatic rings. The number of rotatable bonds is 6. The van der Waals surface area contributed by atoms with Gasteiger partial charge in [0.25, 0.3) is 0 Å². The summed E-state index contributed by atoms with van der Waals surface area (Å²) in [6.07, 6.45) is 1.62. The second-order valence-corrected chi connectivity index (χ2v) is 5.00. The number of hydrogen-bond donors (Lipinski definition) is 1. The molecule has 0 bridgehead atoms. The van der Waals surface area contributed by atoms with Crippen LogP contribution in [0.1, 0.15) is 18.3 Å². The van der Waals surface area contributed by atoms with Crippen LogP contribution in [0.3, 0.4) is 0 Å². The van der Waals surface area contributed by atoms with Gasteiger partial charge in [0.2, 0.25) is 0 Å². The first-order chi connectivity index (χ1) is 8.83. The van der Waals surface area contributed by atoms with Crippen molar-refractivity contribution in [3.63, 3.8) is 0 Å². The molecule has 1 heterocycles. The molecule has 0 saturated carbocycles. The Morgan fingerprint density at radius 2 is 2.06 bits per heavy atom. The highest BCUT2D eigenvalue weighted by atomic mass is 32.2. The maximum Gasteiger partial charge on any atom is 0.138 e. The van der Waals surface area contributed by atoms with Gasteiger partial charge in [0.05, 0.1) is 5.75 Å². The van der Waals surface area contributed by atoms with Gasteiger partial charge in [-0.15, -0.1) is 11.8 Å². The van der Waals surface area contributed by atoms with Crippen molar-refractivity contribution in [1.29, 1.82) is 0 Å². The zero-order valence-corrected chi connectivity index (χ0v) is 11.6. The topological polar surface area (TPSA) is 42.7 Å². The van der Waals surface area contributed by atoms with Crippen molar-refractivity contribution >= 4 is 11.8 Å². The molecule has 0 atom stereocenters. The fourth-order valence-corrected chi connectivity index (χ4v) is 2.57. The normalized spacial score (nSPS) is 10.8. The van der Waals surface area contributed by atoms with E-state index in [0.717, 1.165) is 24.7 Å². The number of thioether (sulfide) groups is 1. The third kappa shape index (κ3) is 3.34. The molecule has 0 aliphatic heterocycles. The highest BCUT2D eigenvalue weighted by molar-refractivity contribution is 7.98. The quantitative estimate of drug-likeness (QED) is 0.811. The lowest BCUT2D eigenvalue weighted by atomic mass is 10.2. The van der Waals surface area contributed by atoms with Crippen LogP contribution in [0.25, 0.3) is 0 Å². The Morgan fingerprint density at radius 3 is 2.72 bits per heavy atom. The molecule has 2 rings (SSSR count). The number of nitrogens with one attached hydrogen (secondary N) is 1. The van der Waals surface area contributed by atoms with Crippen LogP contribution < -0.4 is 5.32 Å². The first kappa shape index (κ1) is 13.1. The fraction of sp³-hybridized carbons (Fsp3) is 0.385. The maximum atomic E-state index is 4.27. The molecule has 0 aliphatic rings. The average molecular weight is 262 g/mol. The van der Waals surface area contributed by atoms with E-state index in [2.05, 4.69) is 46.6 Å². The lowest BCUT2D eigenvalue weighted by Gasteiger charge is -2.04. The van der Waals surface area contributed by atoms with Gasteiger partial charge in [0.15, 0.2) is 0 Å². The van der Waals surface area contributed by atoms with E-state index in [1.54, 1.807) is 18.1 Å². The molecule has 96 valence electrons. The van der Waals surface area contributed by atoms with Crippen LogP contribution in [0.4, 0.5) is 0 Å². The summed E-state index contributed by atoms with van der Waals surface area (Å²) in [5.74, 6) is 1.89. The predicted octanol–water partition coefficient (Wildman–Crippen LogP) is 2.31. The lowest BCUT2D eigenvalue weighted by Crippen LogP contribution is -2.04. The van der Waals surface area contributed by atoms with Gasteiger partial charge in [-0.2, -0.15) is 5.10 Å². The van der Waals surface area contributed by atoms with Crippen LogP contribution in [-0.2, 0) is 18.8 Å². The molecule has 18 heavy (non-hydrogen) atoms. The molecule has 0 aliphatic carbocycles. The minimum absolute atomic E-state index is 0.860. The van der Waals surface area contributed by atoms with Crippen molar-refractivity contribution in [2.75, 3.05) is 7.05 Å². The first-order valence-corrected chi connectivity index (χ1v) is 7.05. The van der Waals surface area contributed by atoms with E-state index in [4.69, 9.17) is 0 Å². The van der Waals surface area contributed by atoms with Crippen molar-refractivity contribution < 1.29 is 0 Å². The van der Waals surface area contributed by atoms with Crippen molar-refractivity contribution in [3.05, 3.63) is 42.0 Å². The number of benzene rings is 1. The van der Waals surface area contributed by atoms with Crippen LogP contribution in [-0.4, -0.2) is 21.8 Å². The summed E-state index contributed by atoms with van der Waals surface area (Å²) in [6.45, 7) is 3.86. The standard InChI is InChI=1S/C13H18N4S/c1-3-17-13(15-10-16-17)9-18-12-6-4-11(5-7-12)8-14-2/h4-7,10,14H,3,8-9H2,1-2H3. The van der Waals surface area contributed by atoms with Gasteiger partial charge in [-0.3, -0.25) is 0 Å². The largest absolute Gasteiger partial charge is 0.316 e. The minimum atomic E-state index is 0.860. The van der Waals surface area contributed by atoms with Gasteiger partial charge in [0.1, 0.15) is 12.2 Å². The van der Waals surface area contributed by atoms with Crippen LogP contribution in [0, 0.1) is 0 Å². The maximum absolute atomic E-state index is 4.27. The highest BCUT2D eigenvalue weighted by Gasteiger charge is 2.03. The summed E-state index contributed by atoms with van der Waals surface area (Å²) in [7, 11) is 1.96. The zero-order chi connectivity index (χ0) is 12.8. The van der Waals surface area contributed by atoms with Gasteiger partial charge in [-0.25, -0.2) is 9.67 Å². The predicted molar refractivity (Wildman–Crippen MR) is 74.5 cm³/mol. The Labute approximate surface area is 112 Å². The van der Waals surface area contributed by atoms with Gasteiger partial charge in [-0.05, 0) is 31.7 Å². The number of hydrogen-bond acceptors (Lipinski definition) is 4. The van der Waals surface area contributed by atoms with E-state index in [1.807, 2.05) is 11.7 Å². The molecule has 1 N–H and O–H groups in total. The van der Waals surface area contributed by atoms with Crippen molar-refractivity contribution in [2.45, 2.75) is 30.7 Å². The van der Waals surface area contributed by atoms with Crippen LogP contribution in [0.5, 0.6) is 0 Å². The SMILES string of the molecule is CCn1ncnc1CSc1ccc(CNC)cc1. The minimum Gasteiger partial charge on any atom is -0.316 e. The number of aromatic nitrogens is 3. The lowest BCUT2D eigenvalue weighted by molar-refractivity contribution is 0.632. The Balaban J connectivity index is 1.94. The molecule has 0 spiro atoms.